The van der Waals surface area contributed by atoms with Gasteiger partial charge in [-0.15, -0.1) is 0 Å². The van der Waals surface area contributed by atoms with Crippen molar-refractivity contribution in [3.63, 3.8) is 0 Å². The average molecular weight is 228 g/mol. The molecule has 1 unspecified atom stereocenters. The minimum atomic E-state index is -1.02. The van der Waals surface area contributed by atoms with Crippen LogP contribution in [0.5, 0.6) is 0 Å². The summed E-state index contributed by atoms with van der Waals surface area (Å²) in [7, 11) is 4.97. The number of aliphatic hydroxyl groups is 1. The third kappa shape index (κ3) is 3.04. The normalized spacial score (nSPS) is 15.4. The first-order valence-corrected chi connectivity index (χ1v) is 5.25. The highest BCUT2D eigenvalue weighted by Crippen LogP contribution is 2.20. The number of aryl methyl sites for hydroxylation is 2. The zero-order valence-corrected chi connectivity index (χ0v) is 10.3. The summed E-state index contributed by atoms with van der Waals surface area (Å²) in [4.78, 5) is 4.20. The van der Waals surface area contributed by atoms with Crippen LogP contribution < -0.4 is 0 Å². The summed E-state index contributed by atoms with van der Waals surface area (Å²) in [6.07, 6.45) is 4.22. The van der Waals surface area contributed by atoms with Gasteiger partial charge < -0.3 is 19.1 Å². The molecule has 1 aromatic heterocycles. The first kappa shape index (κ1) is 13.2. The van der Waals surface area contributed by atoms with E-state index in [1.807, 2.05) is 17.8 Å². The van der Waals surface area contributed by atoms with Gasteiger partial charge in [0.15, 0.2) is 6.29 Å². The summed E-state index contributed by atoms with van der Waals surface area (Å²) in [5.74, 6) is 0.936. The molecule has 1 aromatic rings. The Labute approximate surface area is 96.0 Å². The van der Waals surface area contributed by atoms with Gasteiger partial charge in [-0.05, 0) is 13.3 Å². The topological polar surface area (TPSA) is 56.5 Å². The van der Waals surface area contributed by atoms with Crippen molar-refractivity contribution < 1.29 is 14.6 Å². The Morgan fingerprint density at radius 2 is 2.12 bits per heavy atom. The van der Waals surface area contributed by atoms with E-state index in [1.165, 1.54) is 14.2 Å². The third-order valence-electron chi connectivity index (χ3n) is 2.71. The molecule has 5 nitrogen and oxygen atoms in total. The van der Waals surface area contributed by atoms with Crippen molar-refractivity contribution in [2.75, 3.05) is 14.2 Å². The van der Waals surface area contributed by atoms with Crippen LogP contribution in [0.15, 0.2) is 12.4 Å². The third-order valence-corrected chi connectivity index (χ3v) is 2.71. The molecular weight excluding hydrogens is 208 g/mol. The Balaban J connectivity index is 2.56. The molecule has 0 aliphatic rings. The number of ether oxygens (including phenoxy) is 2. The zero-order chi connectivity index (χ0) is 12.2. The lowest BCUT2D eigenvalue weighted by atomic mass is 9.99. The van der Waals surface area contributed by atoms with Crippen LogP contribution in [-0.4, -0.2) is 40.8 Å². The van der Waals surface area contributed by atoms with E-state index in [9.17, 15) is 5.11 Å². The van der Waals surface area contributed by atoms with E-state index in [2.05, 4.69) is 4.98 Å². The van der Waals surface area contributed by atoms with Gasteiger partial charge in [0.2, 0.25) is 0 Å². The fraction of sp³-hybridized carbons (Fsp3) is 0.727. The Morgan fingerprint density at radius 1 is 1.50 bits per heavy atom. The van der Waals surface area contributed by atoms with Crippen LogP contribution in [0.25, 0.3) is 0 Å². The van der Waals surface area contributed by atoms with Crippen LogP contribution >= 0.6 is 0 Å². The molecule has 0 aromatic carbocycles. The van der Waals surface area contributed by atoms with Crippen LogP contribution in [-0.2, 0) is 22.9 Å². The highest BCUT2D eigenvalue weighted by atomic mass is 16.7. The minimum absolute atomic E-state index is 0.532. The Hall–Kier alpha value is -0.910. The lowest BCUT2D eigenvalue weighted by molar-refractivity contribution is -0.210. The van der Waals surface area contributed by atoms with Crippen LogP contribution in [0, 0.1) is 0 Å². The van der Waals surface area contributed by atoms with Gasteiger partial charge in [-0.2, -0.15) is 0 Å². The SMILES string of the molecule is COC(OC)C(C)(O)CCc1nccn1C. The smallest absolute Gasteiger partial charge is 0.185 e. The molecule has 0 fully saturated rings. The molecule has 5 heteroatoms. The Bertz CT molecular complexity index is 319. The lowest BCUT2D eigenvalue weighted by Gasteiger charge is -2.30. The standard InChI is InChI=1S/C11H20N2O3/c1-11(14,10(15-3)16-4)6-5-9-12-7-8-13(9)2/h7-8,10,14H,5-6H2,1-4H3. The number of aromatic nitrogens is 2. The molecule has 92 valence electrons. The minimum Gasteiger partial charge on any atom is -0.385 e. The van der Waals surface area contributed by atoms with Gasteiger partial charge in [-0.3, -0.25) is 0 Å². The fourth-order valence-corrected chi connectivity index (χ4v) is 1.72. The van der Waals surface area contributed by atoms with Crippen LogP contribution in [0.1, 0.15) is 19.2 Å². The fourth-order valence-electron chi connectivity index (χ4n) is 1.72. The second-order valence-electron chi connectivity index (χ2n) is 4.11. The first-order valence-electron chi connectivity index (χ1n) is 5.25. The summed E-state index contributed by atoms with van der Waals surface area (Å²) < 4.78 is 12.1. The quantitative estimate of drug-likeness (QED) is 0.729. The number of hydrogen-bond donors (Lipinski definition) is 1. The predicted octanol–water partition coefficient (Wildman–Crippen LogP) is 0.723. The molecule has 0 aliphatic carbocycles. The maximum atomic E-state index is 10.2. The van der Waals surface area contributed by atoms with Crippen LogP contribution in [0.4, 0.5) is 0 Å². The summed E-state index contributed by atoms with van der Waals surface area (Å²) in [5.41, 5.74) is -1.02. The van der Waals surface area contributed by atoms with E-state index in [-0.39, 0.29) is 0 Å². The van der Waals surface area contributed by atoms with Gasteiger partial charge in [0.1, 0.15) is 11.4 Å². The van der Waals surface area contributed by atoms with Gasteiger partial charge >= 0.3 is 0 Å². The van der Waals surface area contributed by atoms with E-state index in [0.29, 0.717) is 12.8 Å². The molecule has 16 heavy (non-hydrogen) atoms. The summed E-state index contributed by atoms with van der Waals surface area (Å²) >= 11 is 0. The van der Waals surface area contributed by atoms with Crippen LogP contribution in [0.2, 0.25) is 0 Å². The van der Waals surface area contributed by atoms with Crippen molar-refractivity contribution in [3.05, 3.63) is 18.2 Å². The molecule has 1 heterocycles. The first-order chi connectivity index (χ1) is 7.51. The molecule has 0 spiro atoms. The highest BCUT2D eigenvalue weighted by Gasteiger charge is 2.32. The van der Waals surface area contributed by atoms with E-state index in [0.717, 1.165) is 5.82 Å². The van der Waals surface area contributed by atoms with Gasteiger partial charge in [0, 0.05) is 40.1 Å². The van der Waals surface area contributed by atoms with Gasteiger partial charge in [-0.25, -0.2) is 4.98 Å². The van der Waals surface area contributed by atoms with Gasteiger partial charge in [0.05, 0.1) is 0 Å². The summed E-state index contributed by atoms with van der Waals surface area (Å²) in [6.45, 7) is 1.70. The Kier molecular flexibility index (Phi) is 4.46. The second-order valence-corrected chi connectivity index (χ2v) is 4.11. The number of methoxy groups -OCH3 is 2. The zero-order valence-electron chi connectivity index (χ0n) is 10.3. The predicted molar refractivity (Wildman–Crippen MR) is 60.0 cm³/mol. The van der Waals surface area contributed by atoms with E-state index < -0.39 is 11.9 Å². The van der Waals surface area contributed by atoms with Crippen LogP contribution in [0.3, 0.4) is 0 Å². The van der Waals surface area contributed by atoms with E-state index in [1.54, 1.807) is 13.1 Å². The number of hydrogen-bond acceptors (Lipinski definition) is 4. The largest absolute Gasteiger partial charge is 0.385 e. The Morgan fingerprint density at radius 3 is 2.56 bits per heavy atom. The van der Waals surface area contributed by atoms with Crippen molar-refractivity contribution in [3.8, 4) is 0 Å². The van der Waals surface area contributed by atoms with E-state index >= 15 is 0 Å². The monoisotopic (exact) mass is 228 g/mol. The van der Waals surface area contributed by atoms with Crippen molar-refractivity contribution in [1.82, 2.24) is 9.55 Å². The molecule has 0 bridgehead atoms. The van der Waals surface area contributed by atoms with E-state index in [4.69, 9.17) is 9.47 Å². The number of nitrogens with zero attached hydrogens (tertiary/aromatic N) is 2. The molecular formula is C11H20N2O3. The summed E-state index contributed by atoms with van der Waals surface area (Å²) in [6, 6.07) is 0. The number of imidazole rings is 1. The molecule has 0 saturated carbocycles. The van der Waals surface area contributed by atoms with Crippen molar-refractivity contribution >= 4 is 0 Å². The summed E-state index contributed by atoms with van der Waals surface area (Å²) in [5, 5.41) is 10.2. The molecule has 0 amide bonds. The molecule has 1 rings (SSSR count). The van der Waals surface area contributed by atoms with Gasteiger partial charge in [-0.1, -0.05) is 0 Å². The van der Waals surface area contributed by atoms with Gasteiger partial charge in [0.25, 0.3) is 0 Å². The average Bonchev–Trinajstić information content (AvgIpc) is 2.62. The molecule has 0 aliphatic heterocycles. The second kappa shape index (κ2) is 5.43. The highest BCUT2D eigenvalue weighted by molar-refractivity contribution is 4.93. The molecule has 0 radical (unpaired) electrons. The lowest BCUT2D eigenvalue weighted by Crippen LogP contribution is -2.42. The molecule has 1 N–H and O–H groups in total. The maximum absolute atomic E-state index is 10.2. The van der Waals surface area contributed by atoms with Crippen molar-refractivity contribution in [2.45, 2.75) is 31.7 Å². The van der Waals surface area contributed by atoms with Crippen molar-refractivity contribution in [2.24, 2.45) is 7.05 Å². The number of rotatable bonds is 6. The maximum Gasteiger partial charge on any atom is 0.185 e. The molecule has 1 atom stereocenters. The molecule has 0 saturated heterocycles. The van der Waals surface area contributed by atoms with Crippen molar-refractivity contribution in [1.29, 1.82) is 0 Å².